The summed E-state index contributed by atoms with van der Waals surface area (Å²) < 4.78 is 11.7. The Kier molecular flexibility index (Phi) is 4.33. The molecule has 1 aromatic heterocycles. The molecular formula is C17H19ClN2O2S. The van der Waals surface area contributed by atoms with Gasteiger partial charge in [-0.2, -0.15) is 0 Å². The van der Waals surface area contributed by atoms with Crippen LogP contribution in [0.2, 0.25) is 4.34 Å². The van der Waals surface area contributed by atoms with Crippen LogP contribution >= 0.6 is 22.9 Å². The molecule has 2 aromatic rings. The fraction of sp³-hybridized carbons (Fsp3) is 0.412. The van der Waals surface area contributed by atoms with Gasteiger partial charge in [-0.25, -0.2) is 0 Å². The van der Waals surface area contributed by atoms with Crippen LogP contribution < -0.4 is 14.8 Å². The number of piperidine rings is 1. The lowest BCUT2D eigenvalue weighted by molar-refractivity contribution is 0.174. The van der Waals surface area contributed by atoms with Gasteiger partial charge in [0.05, 0.1) is 4.34 Å². The van der Waals surface area contributed by atoms with Gasteiger partial charge >= 0.3 is 0 Å². The van der Waals surface area contributed by atoms with Gasteiger partial charge in [-0.3, -0.25) is 4.90 Å². The molecule has 0 aliphatic carbocycles. The van der Waals surface area contributed by atoms with Crippen LogP contribution in [0.25, 0.3) is 0 Å². The minimum atomic E-state index is 0.319. The molecule has 1 saturated heterocycles. The van der Waals surface area contributed by atoms with Gasteiger partial charge in [0.15, 0.2) is 11.5 Å². The number of halogens is 1. The van der Waals surface area contributed by atoms with Crippen molar-refractivity contribution in [2.45, 2.75) is 25.4 Å². The number of ether oxygens (including phenoxy) is 2. The largest absolute Gasteiger partial charge is 0.454 e. The number of rotatable bonds is 4. The molecule has 4 rings (SSSR count). The zero-order valence-electron chi connectivity index (χ0n) is 12.8. The highest BCUT2D eigenvalue weighted by Gasteiger charge is 2.21. The second kappa shape index (κ2) is 6.59. The first kappa shape index (κ1) is 15.1. The van der Waals surface area contributed by atoms with E-state index in [1.165, 1.54) is 17.7 Å². The second-order valence-corrected chi connectivity index (χ2v) is 7.79. The topological polar surface area (TPSA) is 33.7 Å². The highest BCUT2D eigenvalue weighted by molar-refractivity contribution is 7.16. The number of nitrogens with zero attached hydrogens (tertiary/aromatic N) is 1. The van der Waals surface area contributed by atoms with Gasteiger partial charge < -0.3 is 14.8 Å². The molecule has 6 heteroatoms. The second-order valence-electron chi connectivity index (χ2n) is 5.99. The Morgan fingerprint density at radius 3 is 3.00 bits per heavy atom. The van der Waals surface area contributed by atoms with E-state index in [0.717, 1.165) is 41.2 Å². The number of likely N-dealkylation sites (tertiary alicyclic amines) is 1. The first-order valence-corrected chi connectivity index (χ1v) is 9.08. The molecule has 1 atom stereocenters. The summed E-state index contributed by atoms with van der Waals surface area (Å²) in [5, 5.41) is 3.63. The van der Waals surface area contributed by atoms with Crippen LogP contribution in [-0.2, 0) is 6.54 Å². The van der Waals surface area contributed by atoms with Gasteiger partial charge in [0, 0.05) is 35.8 Å². The molecule has 4 nitrogen and oxygen atoms in total. The summed E-state index contributed by atoms with van der Waals surface area (Å²) in [6, 6.07) is 10.6. The van der Waals surface area contributed by atoms with Crippen molar-refractivity contribution >= 4 is 28.6 Å². The molecule has 3 heterocycles. The van der Waals surface area contributed by atoms with Crippen molar-refractivity contribution in [3.63, 3.8) is 0 Å². The van der Waals surface area contributed by atoms with E-state index >= 15 is 0 Å². The Morgan fingerprint density at radius 1 is 1.22 bits per heavy atom. The van der Waals surface area contributed by atoms with E-state index < -0.39 is 0 Å². The van der Waals surface area contributed by atoms with Crippen LogP contribution in [0.1, 0.15) is 17.7 Å². The molecule has 1 fully saturated rings. The van der Waals surface area contributed by atoms with Crippen molar-refractivity contribution in [1.82, 2.24) is 4.90 Å². The van der Waals surface area contributed by atoms with Crippen LogP contribution in [0.5, 0.6) is 11.5 Å². The average molecular weight is 351 g/mol. The Labute approximate surface area is 145 Å². The van der Waals surface area contributed by atoms with E-state index in [9.17, 15) is 0 Å². The number of nitrogens with one attached hydrogen (secondary N) is 1. The van der Waals surface area contributed by atoms with Gasteiger partial charge in [-0.1, -0.05) is 11.6 Å². The van der Waals surface area contributed by atoms with Crippen LogP contribution in [0.15, 0.2) is 30.3 Å². The molecule has 0 amide bonds. The van der Waals surface area contributed by atoms with E-state index in [1.807, 2.05) is 18.2 Å². The van der Waals surface area contributed by atoms with Gasteiger partial charge in [0.1, 0.15) is 0 Å². The summed E-state index contributed by atoms with van der Waals surface area (Å²) >= 11 is 7.70. The Hall–Kier alpha value is -1.43. The summed E-state index contributed by atoms with van der Waals surface area (Å²) in [4.78, 5) is 3.83. The van der Waals surface area contributed by atoms with Gasteiger partial charge in [-0.15, -0.1) is 11.3 Å². The van der Waals surface area contributed by atoms with Crippen LogP contribution in [0.3, 0.4) is 0 Å². The Morgan fingerprint density at radius 2 is 2.13 bits per heavy atom. The average Bonchev–Trinajstić information content (AvgIpc) is 3.16. The molecule has 2 aliphatic heterocycles. The molecule has 1 N–H and O–H groups in total. The zero-order chi connectivity index (χ0) is 15.6. The summed E-state index contributed by atoms with van der Waals surface area (Å²) in [5.41, 5.74) is 1.10. The van der Waals surface area contributed by atoms with Crippen molar-refractivity contribution in [2.75, 3.05) is 25.2 Å². The summed E-state index contributed by atoms with van der Waals surface area (Å²) in [7, 11) is 0. The van der Waals surface area contributed by atoms with Crippen LogP contribution in [0.4, 0.5) is 5.69 Å². The Bertz CT molecular complexity index is 691. The lowest BCUT2D eigenvalue weighted by Gasteiger charge is -2.33. The van der Waals surface area contributed by atoms with Gasteiger partial charge in [0.25, 0.3) is 0 Å². The fourth-order valence-corrected chi connectivity index (χ4v) is 4.33. The fourth-order valence-electron chi connectivity index (χ4n) is 3.20. The standard InChI is InChI=1S/C17H19ClN2O2S/c18-17-6-4-14(23-17)10-20-7-1-2-13(9-20)19-12-3-5-15-16(8-12)22-11-21-15/h3-6,8,13,19H,1-2,7,9-11H2. The Balaban J connectivity index is 1.37. The highest BCUT2D eigenvalue weighted by Crippen LogP contribution is 2.34. The minimum absolute atomic E-state index is 0.319. The van der Waals surface area contributed by atoms with Crippen molar-refractivity contribution in [3.8, 4) is 11.5 Å². The molecule has 122 valence electrons. The third-order valence-electron chi connectivity index (χ3n) is 4.26. The lowest BCUT2D eigenvalue weighted by Crippen LogP contribution is -2.41. The molecule has 0 saturated carbocycles. The van der Waals surface area contributed by atoms with Crippen LogP contribution in [-0.4, -0.2) is 30.8 Å². The number of thiophene rings is 1. The molecule has 0 radical (unpaired) electrons. The van der Waals surface area contributed by atoms with Crippen molar-refractivity contribution in [1.29, 1.82) is 0 Å². The first-order chi connectivity index (χ1) is 11.3. The summed E-state index contributed by atoms with van der Waals surface area (Å²) in [5.74, 6) is 1.66. The summed E-state index contributed by atoms with van der Waals surface area (Å²) in [6.45, 7) is 3.49. The maximum absolute atomic E-state index is 6.03. The maximum Gasteiger partial charge on any atom is 0.231 e. The number of fused-ring (bicyclic) bond motifs is 1. The molecule has 2 aliphatic rings. The third-order valence-corrected chi connectivity index (χ3v) is 5.47. The normalized spacial score (nSPS) is 20.7. The molecular weight excluding hydrogens is 332 g/mol. The van der Waals surface area contributed by atoms with Gasteiger partial charge in [0.2, 0.25) is 6.79 Å². The van der Waals surface area contributed by atoms with E-state index in [-0.39, 0.29) is 0 Å². The molecule has 0 spiro atoms. The van der Waals surface area contributed by atoms with E-state index in [2.05, 4.69) is 22.3 Å². The third kappa shape index (κ3) is 3.57. The van der Waals surface area contributed by atoms with Crippen LogP contribution in [0, 0.1) is 0 Å². The summed E-state index contributed by atoms with van der Waals surface area (Å²) in [6.07, 6.45) is 2.40. The van der Waals surface area contributed by atoms with Crippen molar-refractivity contribution < 1.29 is 9.47 Å². The smallest absolute Gasteiger partial charge is 0.231 e. The maximum atomic E-state index is 6.03. The predicted octanol–water partition coefficient (Wildman–Crippen LogP) is 4.21. The number of benzene rings is 1. The zero-order valence-corrected chi connectivity index (χ0v) is 14.3. The molecule has 1 aromatic carbocycles. The minimum Gasteiger partial charge on any atom is -0.454 e. The lowest BCUT2D eigenvalue weighted by atomic mass is 10.1. The predicted molar refractivity (Wildman–Crippen MR) is 93.8 cm³/mol. The molecule has 0 bridgehead atoms. The monoisotopic (exact) mass is 350 g/mol. The quantitative estimate of drug-likeness (QED) is 0.895. The number of anilines is 1. The van der Waals surface area contributed by atoms with Gasteiger partial charge in [-0.05, 0) is 43.7 Å². The van der Waals surface area contributed by atoms with E-state index in [0.29, 0.717) is 12.8 Å². The first-order valence-electron chi connectivity index (χ1n) is 7.89. The highest BCUT2D eigenvalue weighted by atomic mass is 35.5. The SMILES string of the molecule is Clc1ccc(CN2CCCC(Nc3ccc4c(c3)OCO4)C2)s1. The van der Waals surface area contributed by atoms with E-state index in [1.54, 1.807) is 11.3 Å². The molecule has 1 unspecified atom stereocenters. The van der Waals surface area contributed by atoms with E-state index in [4.69, 9.17) is 21.1 Å². The van der Waals surface area contributed by atoms with Crippen molar-refractivity contribution in [3.05, 3.63) is 39.5 Å². The number of hydrogen-bond acceptors (Lipinski definition) is 5. The molecule has 23 heavy (non-hydrogen) atoms. The number of hydrogen-bond donors (Lipinski definition) is 1. The van der Waals surface area contributed by atoms with Crippen molar-refractivity contribution in [2.24, 2.45) is 0 Å².